The molecule has 0 N–H and O–H groups in total. The van der Waals surface area contributed by atoms with Gasteiger partial charge in [0.2, 0.25) is 5.91 Å². The first kappa shape index (κ1) is 21.6. The minimum atomic E-state index is -0.506. The molecule has 174 valence electrons. The Bertz CT molecular complexity index is 1250. The second-order valence-electron chi connectivity index (χ2n) is 10.7. The Kier molecular flexibility index (Phi) is 4.64. The van der Waals surface area contributed by atoms with E-state index in [4.69, 9.17) is 4.74 Å². The monoisotopic (exact) mass is 451 g/mol. The molecule has 1 unspecified atom stereocenters. The number of likely N-dealkylation sites (tertiary alicyclic amines) is 1. The van der Waals surface area contributed by atoms with E-state index in [-0.39, 0.29) is 35.8 Å². The van der Waals surface area contributed by atoms with Gasteiger partial charge in [0, 0.05) is 26.0 Å². The highest BCUT2D eigenvalue weighted by Crippen LogP contribution is 2.68. The van der Waals surface area contributed by atoms with Gasteiger partial charge in [-0.1, -0.05) is 66.2 Å². The summed E-state index contributed by atoms with van der Waals surface area (Å²) >= 11 is 0. The number of carbonyl (C=O) groups excluding carboxylic acids is 1. The molecule has 3 heteroatoms. The molecule has 3 aromatic carbocycles. The minimum absolute atomic E-state index is 0.0354. The maximum Gasteiger partial charge on any atom is 0.227 e. The summed E-state index contributed by atoms with van der Waals surface area (Å²) in [6.07, 6.45) is -0.139. The molecule has 0 saturated carbocycles. The maximum absolute atomic E-state index is 14.3. The average Bonchev–Trinajstić information content (AvgIpc) is 3.09. The molecule has 1 amide bonds. The second-order valence-corrected chi connectivity index (χ2v) is 10.7. The second kappa shape index (κ2) is 7.29. The molecule has 2 bridgehead atoms. The fraction of sp³-hybridized carbons (Fsp3) is 0.387. The van der Waals surface area contributed by atoms with Crippen molar-refractivity contribution in [2.24, 2.45) is 11.8 Å². The minimum Gasteiger partial charge on any atom is -0.380 e. The number of nitrogens with zero attached hydrogens (tertiary/aromatic N) is 1. The van der Waals surface area contributed by atoms with Crippen LogP contribution in [0.25, 0.3) is 0 Å². The van der Waals surface area contributed by atoms with Crippen molar-refractivity contribution >= 4 is 5.91 Å². The van der Waals surface area contributed by atoms with Gasteiger partial charge in [0.1, 0.15) is 0 Å². The van der Waals surface area contributed by atoms with E-state index in [0.717, 1.165) is 0 Å². The molecule has 0 aromatic heterocycles. The molecule has 1 heterocycles. The van der Waals surface area contributed by atoms with Crippen molar-refractivity contribution in [2.75, 3.05) is 14.2 Å². The van der Waals surface area contributed by atoms with Crippen LogP contribution in [0.4, 0.5) is 0 Å². The SMILES string of the molecule is COC(C)C12c3ccccc3C(c3ccccc31)[C@@H]1[C@H]2C(=O)N(C)[C@H]1c1c(C)cc(C)cc1C. The molecule has 4 atom stereocenters. The molecule has 7 rings (SSSR count). The molecule has 3 aromatic rings. The summed E-state index contributed by atoms with van der Waals surface area (Å²) in [7, 11) is 3.80. The normalized spacial score (nSPS) is 29.6. The number of aryl methyl sites for hydroxylation is 3. The standard InChI is InChI=1S/C31H33NO2/c1-17-15-18(2)25(19(3)16-17)29-27-26-21-11-7-9-13-23(21)31(20(4)34-6,28(27)30(33)32(29)5)24-14-10-8-12-22(24)26/h7-16,20,26-29H,1-6H3/t20?,26?,27-,28+,29+,31?/m1/s1. The highest BCUT2D eigenvalue weighted by molar-refractivity contribution is 5.88. The number of hydrogen-bond acceptors (Lipinski definition) is 2. The van der Waals surface area contributed by atoms with E-state index in [1.165, 1.54) is 44.5 Å². The van der Waals surface area contributed by atoms with Gasteiger partial charge in [-0.3, -0.25) is 4.79 Å². The number of ether oxygens (including phenoxy) is 1. The van der Waals surface area contributed by atoms with Crippen LogP contribution in [0.3, 0.4) is 0 Å². The Morgan fingerprint density at radius 1 is 0.912 bits per heavy atom. The Morgan fingerprint density at radius 3 is 1.97 bits per heavy atom. The third-order valence-electron chi connectivity index (χ3n) is 9.17. The highest BCUT2D eigenvalue weighted by Gasteiger charge is 2.69. The molecule has 34 heavy (non-hydrogen) atoms. The number of amides is 1. The quantitative estimate of drug-likeness (QED) is 0.501. The van der Waals surface area contributed by atoms with Crippen LogP contribution in [0, 0.1) is 32.6 Å². The molecule has 1 saturated heterocycles. The van der Waals surface area contributed by atoms with Gasteiger partial charge < -0.3 is 9.64 Å². The number of carbonyl (C=O) groups is 1. The summed E-state index contributed by atoms with van der Waals surface area (Å²) in [5.41, 5.74) is 9.91. The summed E-state index contributed by atoms with van der Waals surface area (Å²) < 4.78 is 6.15. The molecule has 3 aliphatic carbocycles. The van der Waals surface area contributed by atoms with E-state index >= 15 is 0 Å². The van der Waals surface area contributed by atoms with Crippen LogP contribution in [-0.4, -0.2) is 31.1 Å². The third kappa shape index (κ3) is 2.43. The molecule has 1 aliphatic heterocycles. The zero-order valence-electron chi connectivity index (χ0n) is 20.9. The van der Waals surface area contributed by atoms with Crippen LogP contribution in [0.15, 0.2) is 60.7 Å². The predicted octanol–water partition coefficient (Wildman–Crippen LogP) is 5.84. The van der Waals surface area contributed by atoms with Crippen LogP contribution < -0.4 is 0 Å². The first-order valence-electron chi connectivity index (χ1n) is 12.4. The van der Waals surface area contributed by atoms with E-state index < -0.39 is 5.41 Å². The van der Waals surface area contributed by atoms with Gasteiger partial charge >= 0.3 is 0 Å². The topological polar surface area (TPSA) is 29.5 Å². The van der Waals surface area contributed by atoms with Gasteiger partial charge in [-0.05, 0) is 66.6 Å². The Balaban J connectivity index is 1.71. The third-order valence-corrected chi connectivity index (χ3v) is 9.17. The lowest BCUT2D eigenvalue weighted by Crippen LogP contribution is -2.58. The van der Waals surface area contributed by atoms with Gasteiger partial charge in [-0.2, -0.15) is 0 Å². The van der Waals surface area contributed by atoms with E-state index in [1.54, 1.807) is 7.11 Å². The molecule has 0 radical (unpaired) electrons. The first-order chi connectivity index (χ1) is 16.3. The van der Waals surface area contributed by atoms with Crippen molar-refractivity contribution in [3.8, 4) is 0 Å². The Hall–Kier alpha value is -2.91. The number of hydrogen-bond donors (Lipinski definition) is 0. The van der Waals surface area contributed by atoms with E-state index in [0.29, 0.717) is 0 Å². The summed E-state index contributed by atoms with van der Waals surface area (Å²) in [6, 6.07) is 22.2. The van der Waals surface area contributed by atoms with Gasteiger partial charge in [0.05, 0.1) is 23.5 Å². The smallest absolute Gasteiger partial charge is 0.227 e. The average molecular weight is 452 g/mol. The van der Waals surface area contributed by atoms with Gasteiger partial charge in [0.15, 0.2) is 0 Å². The molecule has 4 aliphatic rings. The summed E-state index contributed by atoms with van der Waals surface area (Å²) in [5.74, 6) is 0.418. The van der Waals surface area contributed by atoms with Crippen LogP contribution >= 0.6 is 0 Å². The number of methoxy groups -OCH3 is 1. The zero-order valence-corrected chi connectivity index (χ0v) is 20.9. The number of rotatable bonds is 3. The van der Waals surface area contributed by atoms with Crippen LogP contribution in [0.5, 0.6) is 0 Å². The zero-order chi connectivity index (χ0) is 23.9. The Labute approximate surface area is 202 Å². The van der Waals surface area contributed by atoms with Crippen molar-refractivity contribution in [2.45, 2.75) is 51.2 Å². The van der Waals surface area contributed by atoms with Crippen molar-refractivity contribution in [1.82, 2.24) is 4.90 Å². The van der Waals surface area contributed by atoms with Crippen LogP contribution in [-0.2, 0) is 14.9 Å². The predicted molar refractivity (Wildman–Crippen MR) is 135 cm³/mol. The van der Waals surface area contributed by atoms with Crippen molar-refractivity contribution < 1.29 is 9.53 Å². The molecular formula is C31H33NO2. The fourth-order valence-electron chi connectivity index (χ4n) is 8.11. The van der Waals surface area contributed by atoms with Crippen molar-refractivity contribution in [3.63, 3.8) is 0 Å². The molecule has 0 spiro atoms. The van der Waals surface area contributed by atoms with Crippen molar-refractivity contribution in [1.29, 1.82) is 0 Å². The lowest BCUT2D eigenvalue weighted by Gasteiger charge is -2.57. The first-order valence-corrected chi connectivity index (χ1v) is 12.4. The summed E-state index contributed by atoms with van der Waals surface area (Å²) in [4.78, 5) is 16.4. The van der Waals surface area contributed by atoms with Crippen LogP contribution in [0.1, 0.15) is 63.4 Å². The van der Waals surface area contributed by atoms with Crippen LogP contribution in [0.2, 0.25) is 0 Å². The lowest BCUT2D eigenvalue weighted by atomic mass is 9.45. The summed E-state index contributed by atoms with van der Waals surface area (Å²) in [6.45, 7) is 8.72. The maximum atomic E-state index is 14.3. The van der Waals surface area contributed by atoms with Crippen molar-refractivity contribution in [3.05, 3.63) is 105 Å². The highest BCUT2D eigenvalue weighted by atomic mass is 16.5. The number of benzene rings is 3. The molecular weight excluding hydrogens is 418 g/mol. The van der Waals surface area contributed by atoms with Gasteiger partial charge in [0.25, 0.3) is 0 Å². The van der Waals surface area contributed by atoms with E-state index in [2.05, 4.69) is 93.3 Å². The summed E-state index contributed by atoms with van der Waals surface area (Å²) in [5, 5.41) is 0. The van der Waals surface area contributed by atoms with E-state index in [9.17, 15) is 4.79 Å². The largest absolute Gasteiger partial charge is 0.380 e. The lowest BCUT2D eigenvalue weighted by molar-refractivity contribution is -0.135. The van der Waals surface area contributed by atoms with E-state index in [1.807, 2.05) is 7.05 Å². The molecule has 1 fully saturated rings. The Morgan fingerprint density at radius 2 is 1.44 bits per heavy atom. The van der Waals surface area contributed by atoms with Gasteiger partial charge in [-0.15, -0.1) is 0 Å². The van der Waals surface area contributed by atoms with Gasteiger partial charge in [-0.25, -0.2) is 0 Å². The molecule has 3 nitrogen and oxygen atoms in total. The fourth-order valence-corrected chi connectivity index (χ4v) is 8.11.